The van der Waals surface area contributed by atoms with Gasteiger partial charge in [0.1, 0.15) is 0 Å². The number of carbonyl (C=O) groups excluding carboxylic acids is 2. The van der Waals surface area contributed by atoms with Crippen LogP contribution in [0.25, 0.3) is 0 Å². The molecule has 0 aliphatic rings. The van der Waals surface area contributed by atoms with Gasteiger partial charge in [-0.15, -0.1) is 11.8 Å². The third kappa shape index (κ3) is 4.22. The van der Waals surface area contributed by atoms with Crippen molar-refractivity contribution in [1.29, 1.82) is 0 Å². The van der Waals surface area contributed by atoms with Gasteiger partial charge >= 0.3 is 5.97 Å². The van der Waals surface area contributed by atoms with Gasteiger partial charge in [0.15, 0.2) is 0 Å². The molecule has 0 radical (unpaired) electrons. The number of halogens is 2. The Kier molecular flexibility index (Phi) is 5.82. The van der Waals surface area contributed by atoms with Crippen LogP contribution < -0.4 is 0 Å². The molecule has 0 heterocycles. The van der Waals surface area contributed by atoms with E-state index >= 15 is 0 Å². The molecule has 0 N–H and O–H groups in total. The van der Waals surface area contributed by atoms with Gasteiger partial charge in [-0.2, -0.15) is 0 Å². The maximum atomic E-state index is 11.7. The Balaban J connectivity index is 2.99. The van der Waals surface area contributed by atoms with Crippen molar-refractivity contribution in [1.82, 2.24) is 0 Å². The van der Waals surface area contributed by atoms with Gasteiger partial charge in [-0.05, 0) is 30.7 Å². The van der Waals surface area contributed by atoms with Crippen LogP contribution in [0.4, 0.5) is 0 Å². The van der Waals surface area contributed by atoms with Gasteiger partial charge in [0.05, 0.1) is 22.9 Å². The van der Waals surface area contributed by atoms with Crippen LogP contribution in [0.3, 0.4) is 0 Å². The summed E-state index contributed by atoms with van der Waals surface area (Å²) >= 11 is 12.4. The van der Waals surface area contributed by atoms with E-state index in [1.54, 1.807) is 25.1 Å². The molecule has 0 atom stereocenters. The molecule has 0 bridgehead atoms. The van der Waals surface area contributed by atoms with E-state index in [0.29, 0.717) is 9.92 Å². The van der Waals surface area contributed by atoms with Crippen LogP contribution in [0.1, 0.15) is 17.3 Å². The number of esters is 1. The van der Waals surface area contributed by atoms with E-state index in [4.69, 9.17) is 27.9 Å². The molecule has 6 heteroatoms. The lowest BCUT2D eigenvalue weighted by Crippen LogP contribution is -2.07. The molecule has 92 valence electrons. The highest BCUT2D eigenvalue weighted by Gasteiger charge is 2.17. The van der Waals surface area contributed by atoms with Crippen LogP contribution in [0.2, 0.25) is 5.02 Å². The van der Waals surface area contributed by atoms with Gasteiger partial charge < -0.3 is 4.74 Å². The second kappa shape index (κ2) is 6.89. The highest BCUT2D eigenvalue weighted by molar-refractivity contribution is 8.00. The first kappa shape index (κ1) is 14.4. The minimum atomic E-state index is -0.498. The Bertz CT molecular complexity index is 435. The molecule has 1 rings (SSSR count). The van der Waals surface area contributed by atoms with Crippen LogP contribution >= 0.6 is 35.0 Å². The van der Waals surface area contributed by atoms with Crippen molar-refractivity contribution < 1.29 is 14.3 Å². The molecule has 3 nitrogen and oxygen atoms in total. The Hall–Kier alpha value is -0.710. The predicted molar refractivity (Wildman–Crippen MR) is 69.0 cm³/mol. The van der Waals surface area contributed by atoms with Gasteiger partial charge in [0.25, 0.3) is 0 Å². The number of benzene rings is 1. The molecule has 0 aliphatic carbocycles. The third-order valence-corrected chi connectivity index (χ3v) is 3.46. The molecule has 0 saturated heterocycles. The number of hydrogen-bond acceptors (Lipinski definition) is 4. The first-order chi connectivity index (χ1) is 8.06. The standard InChI is InChI=1S/C11H10Cl2O3S/c1-2-16-11(15)10-7(12)4-3-5-8(10)17-6-9(13)14/h3-5H,2,6H2,1H3. The first-order valence-corrected chi connectivity index (χ1v) is 6.57. The molecule has 0 aliphatic heterocycles. The van der Waals surface area contributed by atoms with Gasteiger partial charge in [-0.25, -0.2) is 4.79 Å². The summed E-state index contributed by atoms with van der Waals surface area (Å²) in [7, 11) is 0. The molecular weight excluding hydrogens is 283 g/mol. The molecule has 0 fully saturated rings. The number of thioether (sulfide) groups is 1. The number of rotatable bonds is 5. The molecule has 0 unspecified atom stereocenters. The largest absolute Gasteiger partial charge is 0.462 e. The van der Waals surface area contributed by atoms with Crippen LogP contribution in [0, 0.1) is 0 Å². The van der Waals surface area contributed by atoms with Crippen molar-refractivity contribution >= 4 is 46.2 Å². The Morgan fingerprint density at radius 3 is 2.71 bits per heavy atom. The molecule has 17 heavy (non-hydrogen) atoms. The van der Waals surface area contributed by atoms with Crippen molar-refractivity contribution in [3.05, 3.63) is 28.8 Å². The fraction of sp³-hybridized carbons (Fsp3) is 0.273. The van der Waals surface area contributed by atoms with Gasteiger partial charge in [0.2, 0.25) is 5.24 Å². The van der Waals surface area contributed by atoms with Gasteiger partial charge in [0, 0.05) is 4.90 Å². The summed E-state index contributed by atoms with van der Waals surface area (Å²) in [5, 5.41) is -0.180. The van der Waals surface area contributed by atoms with E-state index in [1.807, 2.05) is 0 Å². The quantitative estimate of drug-likeness (QED) is 0.474. The lowest BCUT2D eigenvalue weighted by atomic mass is 10.2. The van der Waals surface area contributed by atoms with Gasteiger partial charge in [-0.1, -0.05) is 17.7 Å². The van der Waals surface area contributed by atoms with Gasteiger partial charge in [-0.3, -0.25) is 4.79 Å². The lowest BCUT2D eigenvalue weighted by molar-refractivity contribution is -0.109. The minimum Gasteiger partial charge on any atom is -0.462 e. The molecule has 0 saturated carbocycles. The van der Waals surface area contributed by atoms with Crippen LogP contribution in [-0.4, -0.2) is 23.6 Å². The van der Waals surface area contributed by atoms with Crippen molar-refractivity contribution in [2.24, 2.45) is 0 Å². The summed E-state index contributed by atoms with van der Waals surface area (Å²) in [5.74, 6) is -0.420. The third-order valence-electron chi connectivity index (χ3n) is 1.80. The smallest absolute Gasteiger partial charge is 0.340 e. The number of hydrogen-bond donors (Lipinski definition) is 0. The molecule has 1 aromatic rings. The minimum absolute atomic E-state index is 0.0777. The molecule has 0 spiro atoms. The van der Waals surface area contributed by atoms with Crippen molar-refractivity contribution in [2.75, 3.05) is 12.4 Å². The zero-order valence-corrected chi connectivity index (χ0v) is 11.4. The maximum Gasteiger partial charge on any atom is 0.340 e. The summed E-state index contributed by atoms with van der Waals surface area (Å²) in [6.07, 6.45) is 0. The van der Waals surface area contributed by atoms with E-state index in [1.165, 1.54) is 0 Å². The van der Waals surface area contributed by atoms with Crippen LogP contribution in [0.15, 0.2) is 23.1 Å². The van der Waals surface area contributed by atoms with Crippen molar-refractivity contribution in [3.8, 4) is 0 Å². The fourth-order valence-electron chi connectivity index (χ4n) is 1.16. The topological polar surface area (TPSA) is 43.4 Å². The molecule has 0 amide bonds. The average Bonchev–Trinajstić information content (AvgIpc) is 2.26. The zero-order valence-electron chi connectivity index (χ0n) is 9.04. The summed E-state index contributed by atoms with van der Waals surface area (Å²) < 4.78 is 4.90. The van der Waals surface area contributed by atoms with E-state index in [-0.39, 0.29) is 17.9 Å². The van der Waals surface area contributed by atoms with E-state index < -0.39 is 11.2 Å². The maximum absolute atomic E-state index is 11.7. The van der Waals surface area contributed by atoms with Crippen LogP contribution in [-0.2, 0) is 9.53 Å². The molecule has 0 aromatic heterocycles. The Morgan fingerprint density at radius 1 is 1.41 bits per heavy atom. The lowest BCUT2D eigenvalue weighted by Gasteiger charge is -2.09. The average molecular weight is 293 g/mol. The Labute approximate surface area is 113 Å². The zero-order chi connectivity index (χ0) is 12.8. The SMILES string of the molecule is CCOC(=O)c1c(Cl)cccc1SCC(=O)Cl. The van der Waals surface area contributed by atoms with Crippen molar-refractivity contribution in [3.63, 3.8) is 0 Å². The Morgan fingerprint density at radius 2 is 2.12 bits per heavy atom. The molecular formula is C11H10Cl2O3S. The molecule has 1 aromatic carbocycles. The van der Waals surface area contributed by atoms with E-state index in [2.05, 4.69) is 0 Å². The van der Waals surface area contributed by atoms with Crippen LogP contribution in [0.5, 0.6) is 0 Å². The summed E-state index contributed by atoms with van der Waals surface area (Å²) in [6.45, 7) is 1.98. The fourth-order valence-corrected chi connectivity index (χ4v) is 2.41. The summed E-state index contributed by atoms with van der Waals surface area (Å²) in [4.78, 5) is 23.0. The number of ether oxygens (including phenoxy) is 1. The van der Waals surface area contributed by atoms with Crippen molar-refractivity contribution in [2.45, 2.75) is 11.8 Å². The van der Waals surface area contributed by atoms with E-state index in [9.17, 15) is 9.59 Å². The second-order valence-electron chi connectivity index (χ2n) is 2.98. The highest BCUT2D eigenvalue weighted by atomic mass is 35.5. The summed E-state index contributed by atoms with van der Waals surface area (Å²) in [6, 6.07) is 5.00. The van der Waals surface area contributed by atoms with E-state index in [0.717, 1.165) is 11.8 Å². The predicted octanol–water partition coefficient (Wildman–Crippen LogP) is 3.37. The normalized spacial score (nSPS) is 10.1. The first-order valence-electron chi connectivity index (χ1n) is 4.83. The highest BCUT2D eigenvalue weighted by Crippen LogP contribution is 2.29. The summed E-state index contributed by atoms with van der Waals surface area (Å²) in [5.41, 5.74) is 0.277. The monoisotopic (exact) mass is 292 g/mol. The second-order valence-corrected chi connectivity index (χ2v) is 4.82. The number of carbonyl (C=O) groups is 2.